The van der Waals surface area contributed by atoms with Gasteiger partial charge in [-0.25, -0.2) is 4.79 Å². The lowest BCUT2D eigenvalue weighted by molar-refractivity contribution is -0.112. The number of hydrogen-bond acceptors (Lipinski definition) is 4. The molecule has 1 amide bonds. The van der Waals surface area contributed by atoms with Crippen molar-refractivity contribution in [3.63, 3.8) is 0 Å². The van der Waals surface area contributed by atoms with Crippen LogP contribution in [0.1, 0.15) is 16.1 Å². The molecule has 0 radical (unpaired) electrons. The molecule has 3 aromatic rings. The van der Waals surface area contributed by atoms with Crippen molar-refractivity contribution >= 4 is 39.6 Å². The highest BCUT2D eigenvalue weighted by Crippen LogP contribution is 2.27. The first kappa shape index (κ1) is 19.1. The molecular formula is C21H13BrN2O4. The van der Waals surface area contributed by atoms with Crippen LogP contribution < -0.4 is 5.32 Å². The highest BCUT2D eigenvalue weighted by Gasteiger charge is 2.15. The minimum atomic E-state index is -1.07. The number of carboxylic acids is 1. The fraction of sp³-hybridized carbons (Fsp3) is 0. The van der Waals surface area contributed by atoms with Gasteiger partial charge in [0.15, 0.2) is 0 Å². The number of hydrogen-bond donors (Lipinski definition) is 2. The van der Waals surface area contributed by atoms with E-state index in [0.29, 0.717) is 17.0 Å². The van der Waals surface area contributed by atoms with Crippen LogP contribution in [0, 0.1) is 11.3 Å². The Labute approximate surface area is 168 Å². The van der Waals surface area contributed by atoms with Gasteiger partial charge in [-0.05, 0) is 36.4 Å². The third-order valence-electron chi connectivity index (χ3n) is 3.78. The summed E-state index contributed by atoms with van der Waals surface area (Å²) in [5, 5.41) is 21.3. The summed E-state index contributed by atoms with van der Waals surface area (Å²) in [6.07, 6.45) is 1.31. The lowest BCUT2D eigenvalue weighted by atomic mass is 10.1. The fourth-order valence-corrected chi connectivity index (χ4v) is 2.91. The molecule has 0 aliphatic rings. The van der Waals surface area contributed by atoms with E-state index >= 15 is 0 Å². The number of aromatic carboxylic acids is 1. The van der Waals surface area contributed by atoms with Crippen LogP contribution in [0.15, 0.2) is 75.1 Å². The molecule has 0 saturated heterocycles. The van der Waals surface area contributed by atoms with Gasteiger partial charge >= 0.3 is 5.97 Å². The van der Waals surface area contributed by atoms with Crippen LogP contribution in [0.4, 0.5) is 5.69 Å². The summed E-state index contributed by atoms with van der Waals surface area (Å²) < 4.78 is 6.43. The zero-order chi connectivity index (χ0) is 20.1. The Hall–Kier alpha value is -3.63. The van der Waals surface area contributed by atoms with E-state index in [0.717, 1.165) is 4.47 Å². The first-order chi connectivity index (χ1) is 13.5. The maximum Gasteiger partial charge on any atom is 0.336 e. The maximum atomic E-state index is 12.3. The number of nitriles is 1. The molecule has 0 aliphatic carbocycles. The molecule has 6 nitrogen and oxygen atoms in total. The molecule has 7 heteroatoms. The average Bonchev–Trinajstić information content (AvgIpc) is 3.14. The SMILES string of the molecule is N#C/C(=C\c1ccc(-c2ccccc2C(=O)O)o1)C(=O)Nc1cccc(Br)c1. The number of anilines is 1. The quantitative estimate of drug-likeness (QED) is 0.434. The number of amides is 1. The Morgan fingerprint density at radius 1 is 1.11 bits per heavy atom. The number of furan rings is 1. The molecule has 0 saturated carbocycles. The smallest absolute Gasteiger partial charge is 0.336 e. The van der Waals surface area contributed by atoms with Gasteiger partial charge in [-0.3, -0.25) is 4.79 Å². The molecule has 28 heavy (non-hydrogen) atoms. The molecular weight excluding hydrogens is 424 g/mol. The normalized spacial score (nSPS) is 10.9. The Bertz CT molecular complexity index is 1130. The molecule has 3 rings (SSSR count). The minimum Gasteiger partial charge on any atom is -0.478 e. The number of nitrogens with one attached hydrogen (secondary N) is 1. The van der Waals surface area contributed by atoms with Crippen LogP contribution in [-0.2, 0) is 4.79 Å². The molecule has 0 fully saturated rings. The van der Waals surface area contributed by atoms with Gasteiger partial charge in [0.2, 0.25) is 0 Å². The number of carbonyl (C=O) groups is 2. The van der Waals surface area contributed by atoms with E-state index in [1.54, 1.807) is 48.5 Å². The van der Waals surface area contributed by atoms with E-state index < -0.39 is 11.9 Å². The number of benzene rings is 2. The first-order valence-electron chi connectivity index (χ1n) is 8.09. The maximum absolute atomic E-state index is 12.3. The molecule has 0 atom stereocenters. The van der Waals surface area contributed by atoms with Gasteiger partial charge in [0.25, 0.3) is 5.91 Å². The lowest BCUT2D eigenvalue weighted by Crippen LogP contribution is -2.13. The van der Waals surface area contributed by atoms with Gasteiger partial charge < -0.3 is 14.8 Å². The Kier molecular flexibility index (Phi) is 5.72. The molecule has 1 aromatic heterocycles. The number of carbonyl (C=O) groups excluding carboxylic acids is 1. The molecule has 2 aromatic carbocycles. The average molecular weight is 437 g/mol. The van der Waals surface area contributed by atoms with Crippen LogP contribution in [0.5, 0.6) is 0 Å². The molecule has 2 N–H and O–H groups in total. The van der Waals surface area contributed by atoms with Crippen molar-refractivity contribution in [1.82, 2.24) is 0 Å². The van der Waals surface area contributed by atoms with E-state index in [4.69, 9.17) is 4.42 Å². The van der Waals surface area contributed by atoms with Gasteiger partial charge in [0.1, 0.15) is 23.2 Å². The van der Waals surface area contributed by atoms with Crippen molar-refractivity contribution in [3.8, 4) is 17.4 Å². The van der Waals surface area contributed by atoms with Crippen molar-refractivity contribution in [3.05, 3.63) is 82.0 Å². The van der Waals surface area contributed by atoms with Crippen LogP contribution >= 0.6 is 15.9 Å². The van der Waals surface area contributed by atoms with Crippen molar-refractivity contribution < 1.29 is 19.1 Å². The summed E-state index contributed by atoms with van der Waals surface area (Å²) >= 11 is 3.31. The Morgan fingerprint density at radius 2 is 1.89 bits per heavy atom. The second-order valence-electron chi connectivity index (χ2n) is 5.69. The van der Waals surface area contributed by atoms with Gasteiger partial charge in [-0.2, -0.15) is 5.26 Å². The van der Waals surface area contributed by atoms with Gasteiger partial charge in [0.05, 0.1) is 5.56 Å². The van der Waals surface area contributed by atoms with E-state index in [1.165, 1.54) is 12.1 Å². The van der Waals surface area contributed by atoms with Crippen LogP contribution in [0.2, 0.25) is 0 Å². The molecule has 1 heterocycles. The van der Waals surface area contributed by atoms with Crippen molar-refractivity contribution in [2.45, 2.75) is 0 Å². The summed E-state index contributed by atoms with van der Waals surface area (Å²) in [5.41, 5.74) is 0.899. The number of nitrogens with zero attached hydrogens (tertiary/aromatic N) is 1. The van der Waals surface area contributed by atoms with E-state index in [9.17, 15) is 20.0 Å². The van der Waals surface area contributed by atoms with Gasteiger partial charge in [-0.1, -0.05) is 40.2 Å². The van der Waals surface area contributed by atoms with Crippen molar-refractivity contribution in [1.29, 1.82) is 5.26 Å². The molecule has 0 aliphatic heterocycles. The summed E-state index contributed by atoms with van der Waals surface area (Å²) in [4.78, 5) is 23.7. The second kappa shape index (κ2) is 8.37. The predicted octanol–water partition coefficient (Wildman–Crippen LogP) is 4.95. The van der Waals surface area contributed by atoms with E-state index in [-0.39, 0.29) is 16.9 Å². The summed E-state index contributed by atoms with van der Waals surface area (Å²) in [5.74, 6) is -1.07. The Morgan fingerprint density at radius 3 is 2.61 bits per heavy atom. The van der Waals surface area contributed by atoms with Crippen LogP contribution in [0.3, 0.4) is 0 Å². The van der Waals surface area contributed by atoms with E-state index in [1.807, 2.05) is 12.1 Å². The lowest BCUT2D eigenvalue weighted by Gasteiger charge is -2.04. The zero-order valence-corrected chi connectivity index (χ0v) is 15.9. The summed E-state index contributed by atoms with van der Waals surface area (Å²) in [6, 6.07) is 18.4. The Balaban J connectivity index is 1.86. The standard InChI is InChI=1S/C21H13BrN2O4/c22-14-4-3-5-15(11-14)24-20(25)13(12-23)10-16-8-9-19(28-16)17-6-1-2-7-18(17)21(26)27/h1-11H,(H,24,25)(H,26,27)/b13-10+. The monoisotopic (exact) mass is 436 g/mol. The largest absolute Gasteiger partial charge is 0.478 e. The zero-order valence-electron chi connectivity index (χ0n) is 14.3. The summed E-state index contributed by atoms with van der Waals surface area (Å²) in [7, 11) is 0. The van der Waals surface area contributed by atoms with E-state index in [2.05, 4.69) is 21.2 Å². The third kappa shape index (κ3) is 4.37. The summed E-state index contributed by atoms with van der Waals surface area (Å²) in [6.45, 7) is 0. The van der Waals surface area contributed by atoms with Crippen LogP contribution in [0.25, 0.3) is 17.4 Å². The van der Waals surface area contributed by atoms with Crippen molar-refractivity contribution in [2.75, 3.05) is 5.32 Å². The number of halogens is 1. The molecule has 0 spiro atoms. The van der Waals surface area contributed by atoms with Crippen LogP contribution in [-0.4, -0.2) is 17.0 Å². The van der Waals surface area contributed by atoms with Crippen molar-refractivity contribution in [2.24, 2.45) is 0 Å². The fourth-order valence-electron chi connectivity index (χ4n) is 2.52. The highest BCUT2D eigenvalue weighted by atomic mass is 79.9. The molecule has 138 valence electrons. The predicted molar refractivity (Wildman–Crippen MR) is 107 cm³/mol. The second-order valence-corrected chi connectivity index (χ2v) is 6.60. The molecule has 0 bridgehead atoms. The minimum absolute atomic E-state index is 0.0975. The van der Waals surface area contributed by atoms with Gasteiger partial charge in [-0.15, -0.1) is 0 Å². The number of rotatable bonds is 5. The third-order valence-corrected chi connectivity index (χ3v) is 4.28. The number of carboxylic acid groups (broad SMARTS) is 1. The first-order valence-corrected chi connectivity index (χ1v) is 8.88. The highest BCUT2D eigenvalue weighted by molar-refractivity contribution is 9.10. The molecule has 0 unspecified atom stereocenters. The van der Waals surface area contributed by atoms with Gasteiger partial charge in [0, 0.05) is 21.8 Å². The topological polar surface area (TPSA) is 103 Å².